The minimum absolute atomic E-state index is 0.167. The molecule has 0 heterocycles. The molecule has 0 radical (unpaired) electrons. The van der Waals surface area contributed by atoms with Gasteiger partial charge < -0.3 is 15.2 Å². The average molecular weight is 321 g/mol. The molecule has 0 saturated carbocycles. The molecule has 0 aliphatic rings. The average Bonchev–Trinajstić information content (AvgIpc) is 2.24. The Morgan fingerprint density at radius 3 is 1.90 bits per heavy atom. The molecular weight excluding hydrogens is 305 g/mol. The van der Waals surface area contributed by atoms with Crippen molar-refractivity contribution in [3.05, 3.63) is 17.7 Å². The topological polar surface area (TPSA) is 44.5 Å². The highest BCUT2D eigenvalue weighted by Crippen LogP contribution is 3.03. The van der Waals surface area contributed by atoms with Crippen LogP contribution < -0.4 is 15.2 Å². The third kappa shape index (κ3) is 3.89. The molecule has 3 nitrogen and oxygen atoms in total. The molecular formula is C11H16F5NO2S. The Kier molecular flexibility index (Phi) is 3.69. The lowest BCUT2D eigenvalue weighted by Crippen LogP contribution is -2.18. The maximum Gasteiger partial charge on any atom is 0.313 e. The highest BCUT2D eigenvalue weighted by molar-refractivity contribution is 8.45. The van der Waals surface area contributed by atoms with Gasteiger partial charge in [-0.1, -0.05) is 19.4 Å². The minimum atomic E-state index is -9.86. The molecule has 0 aromatic heterocycles. The number of halogens is 5. The lowest BCUT2D eigenvalue weighted by atomic mass is 10.1. The molecule has 1 aromatic rings. The fourth-order valence-electron chi connectivity index (χ4n) is 1.74. The van der Waals surface area contributed by atoms with Gasteiger partial charge in [-0.3, -0.25) is 0 Å². The Morgan fingerprint density at radius 2 is 1.55 bits per heavy atom. The zero-order valence-electron chi connectivity index (χ0n) is 11.1. The second-order valence-electron chi connectivity index (χ2n) is 4.47. The van der Waals surface area contributed by atoms with E-state index in [1.807, 2.05) is 0 Å². The summed E-state index contributed by atoms with van der Waals surface area (Å²) < 4.78 is 73.9. The van der Waals surface area contributed by atoms with E-state index in [0.29, 0.717) is 0 Å². The van der Waals surface area contributed by atoms with Crippen molar-refractivity contribution in [1.29, 1.82) is 0 Å². The molecule has 2 N–H and O–H groups in total. The van der Waals surface area contributed by atoms with Gasteiger partial charge >= 0.3 is 10.2 Å². The van der Waals surface area contributed by atoms with Crippen molar-refractivity contribution in [3.8, 4) is 11.5 Å². The van der Waals surface area contributed by atoms with Gasteiger partial charge in [-0.2, -0.15) is 0 Å². The smallest absolute Gasteiger partial charge is 0.313 e. The molecule has 0 fully saturated rings. The van der Waals surface area contributed by atoms with Gasteiger partial charge in [0.25, 0.3) is 0 Å². The quantitative estimate of drug-likeness (QED) is 0.825. The van der Waals surface area contributed by atoms with Gasteiger partial charge in [0.1, 0.15) is 11.5 Å². The zero-order chi connectivity index (χ0) is 15.8. The van der Waals surface area contributed by atoms with Crippen LogP contribution in [-0.2, 0) is 6.42 Å². The van der Waals surface area contributed by atoms with Crippen molar-refractivity contribution in [2.24, 2.45) is 5.73 Å². The summed E-state index contributed by atoms with van der Waals surface area (Å²) in [5, 5.41) is 0. The molecule has 0 bridgehead atoms. The standard InChI is InChI=1S/C11H16F5NO2S/c1-7(17)4-8-5-10(19-3)11(6-9(8)18-2)20(12,13,14,15)16/h5-7H,4,17H2,1-3H3. The van der Waals surface area contributed by atoms with Crippen LogP contribution in [0.2, 0.25) is 0 Å². The van der Waals surface area contributed by atoms with Crippen LogP contribution in [0.25, 0.3) is 0 Å². The van der Waals surface area contributed by atoms with Crippen molar-refractivity contribution >= 4 is 10.2 Å². The first kappa shape index (κ1) is 16.8. The summed E-state index contributed by atoms with van der Waals surface area (Å²) in [7, 11) is -7.87. The Bertz CT molecular complexity index is 515. The number of methoxy groups -OCH3 is 2. The molecule has 1 aromatic carbocycles. The fourth-order valence-corrected chi connectivity index (χ4v) is 2.59. The van der Waals surface area contributed by atoms with Gasteiger partial charge in [-0.15, -0.1) is 0 Å². The Morgan fingerprint density at radius 1 is 1.05 bits per heavy atom. The van der Waals surface area contributed by atoms with Crippen LogP contribution in [0.5, 0.6) is 11.5 Å². The number of nitrogens with two attached hydrogens (primary N) is 1. The Hall–Kier alpha value is -1.22. The van der Waals surface area contributed by atoms with Crippen LogP contribution in [0.3, 0.4) is 0 Å². The second-order valence-corrected chi connectivity index (χ2v) is 6.84. The third-order valence-electron chi connectivity index (χ3n) is 2.52. The molecule has 1 unspecified atom stereocenters. The molecule has 1 rings (SSSR count). The van der Waals surface area contributed by atoms with E-state index in [2.05, 4.69) is 4.74 Å². The van der Waals surface area contributed by atoms with Gasteiger partial charge in [-0.25, -0.2) is 0 Å². The summed E-state index contributed by atoms with van der Waals surface area (Å²) >= 11 is 0. The van der Waals surface area contributed by atoms with Crippen molar-refractivity contribution in [2.75, 3.05) is 14.2 Å². The summed E-state index contributed by atoms with van der Waals surface area (Å²) in [6.07, 6.45) is 0.167. The van der Waals surface area contributed by atoms with E-state index in [0.717, 1.165) is 20.3 Å². The number of hydrogen-bond acceptors (Lipinski definition) is 3. The van der Waals surface area contributed by atoms with E-state index >= 15 is 0 Å². The van der Waals surface area contributed by atoms with E-state index in [1.54, 1.807) is 6.92 Å². The van der Waals surface area contributed by atoms with E-state index < -0.39 is 20.9 Å². The van der Waals surface area contributed by atoms with Crippen LogP contribution in [0.1, 0.15) is 12.5 Å². The van der Waals surface area contributed by atoms with Gasteiger partial charge in [0.15, 0.2) is 4.90 Å². The van der Waals surface area contributed by atoms with E-state index in [9.17, 15) is 19.4 Å². The first-order valence-corrected chi connectivity index (χ1v) is 7.48. The van der Waals surface area contributed by atoms with Crippen molar-refractivity contribution in [1.82, 2.24) is 0 Å². The molecule has 0 spiro atoms. The molecule has 9 heteroatoms. The van der Waals surface area contributed by atoms with Crippen LogP contribution >= 0.6 is 10.2 Å². The van der Waals surface area contributed by atoms with E-state index in [4.69, 9.17) is 10.5 Å². The van der Waals surface area contributed by atoms with Crippen LogP contribution in [0.4, 0.5) is 19.4 Å². The van der Waals surface area contributed by atoms with Gasteiger partial charge in [0.05, 0.1) is 14.2 Å². The highest BCUT2D eigenvalue weighted by Gasteiger charge is 2.67. The summed E-state index contributed by atoms with van der Waals surface area (Å²) in [6, 6.07) is 0.771. The summed E-state index contributed by atoms with van der Waals surface area (Å²) in [4.78, 5) is -2.10. The largest absolute Gasteiger partial charge is 0.496 e. The van der Waals surface area contributed by atoms with Crippen molar-refractivity contribution in [2.45, 2.75) is 24.3 Å². The van der Waals surface area contributed by atoms with Gasteiger partial charge in [0.2, 0.25) is 0 Å². The first-order valence-electron chi connectivity index (χ1n) is 5.53. The molecule has 0 aliphatic heterocycles. The lowest BCUT2D eigenvalue weighted by molar-refractivity contribution is 0.340. The lowest BCUT2D eigenvalue weighted by Gasteiger charge is -2.41. The Labute approximate surface area is 113 Å². The van der Waals surface area contributed by atoms with Gasteiger partial charge in [0, 0.05) is 12.1 Å². The third-order valence-corrected chi connectivity index (χ3v) is 3.67. The van der Waals surface area contributed by atoms with Crippen LogP contribution in [0.15, 0.2) is 17.0 Å². The number of rotatable bonds is 5. The fraction of sp³-hybridized carbons (Fsp3) is 0.455. The molecule has 20 heavy (non-hydrogen) atoms. The van der Waals surface area contributed by atoms with Crippen LogP contribution in [0, 0.1) is 0 Å². The number of ether oxygens (including phenoxy) is 2. The zero-order valence-corrected chi connectivity index (χ0v) is 11.9. The summed E-state index contributed by atoms with van der Waals surface area (Å²) in [5.74, 6) is -1.24. The maximum absolute atomic E-state index is 12.9. The molecule has 0 amide bonds. The molecule has 118 valence electrons. The number of benzene rings is 1. The first-order chi connectivity index (χ1) is 8.78. The van der Waals surface area contributed by atoms with E-state index in [-0.39, 0.29) is 29.8 Å². The monoisotopic (exact) mass is 321 g/mol. The van der Waals surface area contributed by atoms with E-state index in [1.165, 1.54) is 0 Å². The Balaban J connectivity index is 3.58. The van der Waals surface area contributed by atoms with Crippen molar-refractivity contribution < 1.29 is 28.9 Å². The predicted octanol–water partition coefficient (Wildman–Crippen LogP) is 4.25. The highest BCUT2D eigenvalue weighted by atomic mass is 32.5. The summed E-state index contributed by atoms with van der Waals surface area (Å²) in [6.45, 7) is 1.63. The maximum atomic E-state index is 12.9. The second kappa shape index (κ2) is 4.39. The van der Waals surface area contributed by atoms with Gasteiger partial charge in [-0.05, 0) is 25.0 Å². The minimum Gasteiger partial charge on any atom is -0.496 e. The summed E-state index contributed by atoms with van der Waals surface area (Å²) in [5.41, 5.74) is 5.82. The normalized spacial score (nSPS) is 17.1. The molecule has 1 atom stereocenters. The van der Waals surface area contributed by atoms with Crippen LogP contribution in [-0.4, -0.2) is 20.3 Å². The van der Waals surface area contributed by atoms with Crippen molar-refractivity contribution in [3.63, 3.8) is 0 Å². The predicted molar refractivity (Wildman–Crippen MR) is 68.3 cm³/mol. The molecule has 0 aliphatic carbocycles. The molecule has 0 saturated heterocycles. The number of hydrogen-bond donors (Lipinski definition) is 1. The SMILES string of the molecule is COc1cc(S(F)(F)(F)(F)F)c(OC)cc1CC(C)N.